The highest BCUT2D eigenvalue weighted by Crippen LogP contribution is 2.21. The van der Waals surface area contributed by atoms with Gasteiger partial charge in [0.15, 0.2) is 5.82 Å². The van der Waals surface area contributed by atoms with Crippen molar-refractivity contribution in [2.45, 2.75) is 31.2 Å². The summed E-state index contributed by atoms with van der Waals surface area (Å²) >= 11 is 5.81. The average Bonchev–Trinajstić information content (AvgIpc) is 2.28. The molecular formula is C9H15ClN4O2S. The third-order valence-corrected chi connectivity index (χ3v) is 4.08. The van der Waals surface area contributed by atoms with Crippen molar-refractivity contribution in [2.24, 2.45) is 5.84 Å². The van der Waals surface area contributed by atoms with Crippen LogP contribution in [0.5, 0.6) is 0 Å². The molecule has 1 unspecified atom stereocenters. The Kier molecular flexibility index (Phi) is 4.70. The van der Waals surface area contributed by atoms with Crippen molar-refractivity contribution in [2.75, 3.05) is 5.43 Å². The van der Waals surface area contributed by atoms with E-state index in [1.54, 1.807) is 6.92 Å². The summed E-state index contributed by atoms with van der Waals surface area (Å²) in [5.41, 5.74) is 2.27. The lowest BCUT2D eigenvalue weighted by Gasteiger charge is -2.12. The molecule has 1 rings (SSSR count). The molecule has 1 atom stereocenters. The molecular weight excluding hydrogens is 264 g/mol. The van der Waals surface area contributed by atoms with Crippen molar-refractivity contribution in [3.8, 4) is 0 Å². The Hall–Kier alpha value is -0.890. The lowest BCUT2D eigenvalue weighted by Crippen LogP contribution is -2.32. The number of nitrogens with zero attached hydrogens (tertiary/aromatic N) is 1. The molecule has 6 nitrogen and oxygen atoms in total. The first-order valence-electron chi connectivity index (χ1n) is 5.05. The minimum Gasteiger partial charge on any atom is -0.307 e. The largest absolute Gasteiger partial charge is 0.307 e. The molecule has 8 heteroatoms. The molecule has 0 saturated heterocycles. The highest BCUT2D eigenvalue weighted by molar-refractivity contribution is 7.89. The van der Waals surface area contributed by atoms with Gasteiger partial charge in [0.1, 0.15) is 4.90 Å². The number of pyridine rings is 1. The van der Waals surface area contributed by atoms with E-state index in [-0.39, 0.29) is 21.8 Å². The molecule has 4 N–H and O–H groups in total. The highest BCUT2D eigenvalue weighted by atomic mass is 35.5. The Morgan fingerprint density at radius 2 is 2.24 bits per heavy atom. The van der Waals surface area contributed by atoms with Crippen LogP contribution in [0.1, 0.15) is 20.3 Å². The molecule has 0 aliphatic carbocycles. The van der Waals surface area contributed by atoms with Crippen LogP contribution in [0.4, 0.5) is 5.82 Å². The van der Waals surface area contributed by atoms with Crippen LogP contribution in [0.2, 0.25) is 5.02 Å². The molecule has 0 aliphatic heterocycles. The maximum atomic E-state index is 11.9. The molecule has 0 aromatic carbocycles. The fraction of sp³-hybridized carbons (Fsp3) is 0.444. The zero-order valence-corrected chi connectivity index (χ0v) is 11.1. The van der Waals surface area contributed by atoms with Gasteiger partial charge in [0.25, 0.3) is 0 Å². The summed E-state index contributed by atoms with van der Waals surface area (Å²) in [6.07, 6.45) is 1.90. The van der Waals surface area contributed by atoms with Crippen molar-refractivity contribution in [3.63, 3.8) is 0 Å². The summed E-state index contributed by atoms with van der Waals surface area (Å²) in [5, 5.41) is 0.152. The molecule has 96 valence electrons. The van der Waals surface area contributed by atoms with E-state index in [0.29, 0.717) is 6.42 Å². The number of hydrogen-bond donors (Lipinski definition) is 3. The molecule has 1 heterocycles. The van der Waals surface area contributed by atoms with Crippen LogP contribution in [0.15, 0.2) is 17.2 Å². The van der Waals surface area contributed by atoms with Crippen LogP contribution in [-0.4, -0.2) is 19.4 Å². The molecule has 0 radical (unpaired) electrons. The number of sulfonamides is 1. The summed E-state index contributed by atoms with van der Waals surface area (Å²) in [6.45, 7) is 3.67. The Morgan fingerprint density at radius 1 is 1.59 bits per heavy atom. The number of nitrogens with two attached hydrogens (primary N) is 1. The summed E-state index contributed by atoms with van der Waals surface area (Å²) in [5.74, 6) is 5.38. The van der Waals surface area contributed by atoms with Crippen molar-refractivity contribution in [3.05, 3.63) is 17.3 Å². The van der Waals surface area contributed by atoms with Gasteiger partial charge in [-0.15, -0.1) is 0 Å². The quantitative estimate of drug-likeness (QED) is 0.553. The van der Waals surface area contributed by atoms with Crippen LogP contribution in [0, 0.1) is 0 Å². The van der Waals surface area contributed by atoms with Gasteiger partial charge in [-0.1, -0.05) is 18.5 Å². The van der Waals surface area contributed by atoms with Gasteiger partial charge in [-0.05, 0) is 19.4 Å². The summed E-state index contributed by atoms with van der Waals surface area (Å²) in [7, 11) is -3.58. The number of nitrogen functional groups attached to an aromatic ring is 1. The zero-order chi connectivity index (χ0) is 13.1. The third-order valence-electron chi connectivity index (χ3n) is 2.23. The predicted octanol–water partition coefficient (Wildman–Crippen LogP) is 1.10. The molecule has 0 bridgehead atoms. The minimum absolute atomic E-state index is 0.0156. The number of nitrogens with one attached hydrogen (secondary N) is 2. The monoisotopic (exact) mass is 278 g/mol. The van der Waals surface area contributed by atoms with E-state index in [0.717, 1.165) is 0 Å². The highest BCUT2D eigenvalue weighted by Gasteiger charge is 2.18. The second kappa shape index (κ2) is 5.63. The fourth-order valence-corrected chi connectivity index (χ4v) is 2.67. The predicted molar refractivity (Wildman–Crippen MR) is 67.1 cm³/mol. The Balaban J connectivity index is 3.04. The lowest BCUT2D eigenvalue weighted by molar-refractivity contribution is 0.555. The van der Waals surface area contributed by atoms with Gasteiger partial charge >= 0.3 is 0 Å². The topological polar surface area (TPSA) is 97.1 Å². The molecule has 17 heavy (non-hydrogen) atoms. The van der Waals surface area contributed by atoms with Gasteiger partial charge in [0.05, 0.1) is 5.02 Å². The number of hydrazine groups is 1. The van der Waals surface area contributed by atoms with Crippen LogP contribution in [-0.2, 0) is 10.0 Å². The second-order valence-corrected chi connectivity index (χ2v) is 5.70. The number of aromatic nitrogens is 1. The van der Waals surface area contributed by atoms with E-state index in [2.05, 4.69) is 15.1 Å². The number of rotatable bonds is 5. The summed E-state index contributed by atoms with van der Waals surface area (Å²) in [4.78, 5) is 3.82. The molecule has 0 saturated carbocycles. The van der Waals surface area contributed by atoms with E-state index >= 15 is 0 Å². The van der Waals surface area contributed by atoms with Crippen LogP contribution < -0.4 is 16.0 Å². The number of halogens is 1. The van der Waals surface area contributed by atoms with E-state index < -0.39 is 10.0 Å². The molecule has 1 aromatic rings. The van der Waals surface area contributed by atoms with Gasteiger partial charge in [-0.3, -0.25) is 0 Å². The molecule has 0 spiro atoms. The van der Waals surface area contributed by atoms with Gasteiger partial charge in [-0.2, -0.15) is 0 Å². The molecule has 0 fully saturated rings. The first-order chi connectivity index (χ1) is 7.90. The standard InChI is InChI=1S/C9H15ClN4O2S/c1-3-6(2)14-17(15,16)7-4-8(10)9(13-11)12-5-7/h4-6,14H,3,11H2,1-2H3,(H,12,13). The van der Waals surface area contributed by atoms with Crippen molar-refractivity contribution < 1.29 is 8.42 Å². The summed E-state index contributed by atoms with van der Waals surface area (Å²) < 4.78 is 26.3. The second-order valence-electron chi connectivity index (χ2n) is 3.58. The minimum atomic E-state index is -3.58. The SMILES string of the molecule is CCC(C)NS(=O)(=O)c1cnc(NN)c(Cl)c1. The van der Waals surface area contributed by atoms with E-state index in [1.165, 1.54) is 12.3 Å². The fourth-order valence-electron chi connectivity index (χ4n) is 1.09. The molecule has 1 aromatic heterocycles. The lowest BCUT2D eigenvalue weighted by atomic mass is 10.3. The Bertz CT molecular complexity index is 492. The van der Waals surface area contributed by atoms with E-state index in [4.69, 9.17) is 17.4 Å². The number of hydrogen-bond acceptors (Lipinski definition) is 5. The summed E-state index contributed by atoms with van der Waals surface area (Å²) in [6, 6.07) is 1.15. The van der Waals surface area contributed by atoms with Gasteiger partial charge in [0, 0.05) is 12.2 Å². The van der Waals surface area contributed by atoms with Gasteiger partial charge < -0.3 is 5.43 Å². The van der Waals surface area contributed by atoms with Gasteiger partial charge in [0.2, 0.25) is 10.0 Å². The Morgan fingerprint density at radius 3 is 2.71 bits per heavy atom. The number of anilines is 1. The maximum absolute atomic E-state index is 11.9. The Labute approximate surface area is 106 Å². The van der Waals surface area contributed by atoms with Crippen LogP contribution in [0.3, 0.4) is 0 Å². The van der Waals surface area contributed by atoms with Crippen molar-refractivity contribution in [1.29, 1.82) is 0 Å². The van der Waals surface area contributed by atoms with E-state index in [1.807, 2.05) is 6.92 Å². The zero-order valence-electron chi connectivity index (χ0n) is 9.57. The average molecular weight is 279 g/mol. The maximum Gasteiger partial charge on any atom is 0.242 e. The van der Waals surface area contributed by atoms with Crippen LogP contribution >= 0.6 is 11.6 Å². The third kappa shape index (κ3) is 3.53. The van der Waals surface area contributed by atoms with Crippen molar-refractivity contribution in [1.82, 2.24) is 9.71 Å². The van der Waals surface area contributed by atoms with E-state index in [9.17, 15) is 8.42 Å². The smallest absolute Gasteiger partial charge is 0.242 e. The molecule has 0 amide bonds. The van der Waals surface area contributed by atoms with Gasteiger partial charge in [-0.25, -0.2) is 24.0 Å². The first kappa shape index (κ1) is 14.2. The molecule has 0 aliphatic rings. The van der Waals surface area contributed by atoms with Crippen molar-refractivity contribution >= 4 is 27.4 Å². The normalized spacial score (nSPS) is 13.4. The van der Waals surface area contributed by atoms with Crippen LogP contribution in [0.25, 0.3) is 0 Å². The first-order valence-corrected chi connectivity index (χ1v) is 6.91.